The molecule has 2 aromatic rings. The number of nitrogens with zero attached hydrogens (tertiary/aromatic N) is 5. The molecule has 1 aliphatic carbocycles. The van der Waals surface area contributed by atoms with Gasteiger partial charge in [0.2, 0.25) is 0 Å². The maximum Gasteiger partial charge on any atom is 0.251 e. The molecule has 3 aliphatic heterocycles. The second-order valence-electron chi connectivity index (χ2n) is 11.4. The fraction of sp³-hybridized carbons (Fsp3) is 0.533. The topological polar surface area (TPSA) is 55.0 Å². The Morgan fingerprint density at radius 1 is 1.00 bits per heavy atom. The monoisotopic (exact) mass is 500 g/mol. The fourth-order valence-electron chi connectivity index (χ4n) is 6.69. The van der Waals surface area contributed by atoms with Crippen LogP contribution in [0.4, 0.5) is 23.0 Å². The van der Waals surface area contributed by atoms with Crippen molar-refractivity contribution in [3.8, 4) is 0 Å². The number of benzene rings is 1. The van der Waals surface area contributed by atoms with Crippen molar-refractivity contribution in [3.05, 3.63) is 53.7 Å². The number of rotatable bonds is 4. The Morgan fingerprint density at radius 2 is 1.73 bits per heavy atom. The average Bonchev–Trinajstić information content (AvgIpc) is 3.59. The fourth-order valence-corrected chi connectivity index (χ4v) is 6.69. The summed E-state index contributed by atoms with van der Waals surface area (Å²) in [5.74, 6) is 2.11. The molecule has 2 fully saturated rings. The molecule has 0 spiro atoms. The van der Waals surface area contributed by atoms with Crippen LogP contribution in [-0.2, 0) is 6.42 Å². The molecule has 1 N–H and O–H groups in total. The van der Waals surface area contributed by atoms with Crippen molar-refractivity contribution >= 4 is 28.9 Å². The summed E-state index contributed by atoms with van der Waals surface area (Å²) in [5.41, 5.74) is 5.42. The number of nitrogens with one attached hydrogen (secondary N) is 1. The molecular weight excluding hydrogens is 460 g/mol. The highest BCUT2D eigenvalue weighted by Gasteiger charge is 2.37. The molecule has 37 heavy (non-hydrogen) atoms. The minimum absolute atomic E-state index is 0.0483. The van der Waals surface area contributed by atoms with E-state index in [1.807, 2.05) is 6.07 Å². The van der Waals surface area contributed by atoms with E-state index in [-0.39, 0.29) is 18.0 Å². The Labute approximate surface area is 221 Å². The number of likely N-dealkylation sites (N-methyl/N-ethyl adjacent to an activating group) is 1. The van der Waals surface area contributed by atoms with Crippen LogP contribution in [0.5, 0.6) is 0 Å². The lowest BCUT2D eigenvalue weighted by atomic mass is 10.0. The van der Waals surface area contributed by atoms with Gasteiger partial charge in [-0.25, -0.2) is 4.98 Å². The van der Waals surface area contributed by atoms with Crippen LogP contribution >= 0.6 is 0 Å². The maximum absolute atomic E-state index is 13.0. The number of aromatic nitrogens is 1. The van der Waals surface area contributed by atoms with Crippen LogP contribution < -0.4 is 20.0 Å². The Kier molecular flexibility index (Phi) is 6.35. The highest BCUT2D eigenvalue weighted by molar-refractivity contribution is 5.95. The number of fused-ring (bicyclic) bond motifs is 2. The third-order valence-electron chi connectivity index (χ3n) is 9.06. The molecule has 7 heteroatoms. The third-order valence-corrected chi connectivity index (χ3v) is 9.06. The van der Waals surface area contributed by atoms with E-state index < -0.39 is 0 Å². The standard InChI is InChI=1S/C30H40N6O/c1-20-21(2)36(25-7-5-6-8-25)29-27(34(20)4)11-12-28(32-29)35-18-13-22-19-23(9-10-26(22)35)30(37)31-24-14-16-33(3)17-15-24/h9-12,19,21,24-25H,1,5-8,13-18H2,2-4H3,(H,31,37)/t21-/m1/s1. The van der Waals surface area contributed by atoms with Crippen LogP contribution in [0.15, 0.2) is 42.6 Å². The van der Waals surface area contributed by atoms with Crippen LogP contribution in [0.2, 0.25) is 0 Å². The van der Waals surface area contributed by atoms with Crippen molar-refractivity contribution < 1.29 is 4.79 Å². The number of carbonyl (C=O) groups is 1. The Morgan fingerprint density at radius 3 is 2.49 bits per heavy atom. The number of hydrogen-bond acceptors (Lipinski definition) is 6. The van der Waals surface area contributed by atoms with Gasteiger partial charge in [0, 0.05) is 42.6 Å². The van der Waals surface area contributed by atoms with E-state index in [1.165, 1.54) is 31.2 Å². The van der Waals surface area contributed by atoms with Crippen LogP contribution in [0.1, 0.15) is 61.4 Å². The maximum atomic E-state index is 13.0. The highest BCUT2D eigenvalue weighted by Crippen LogP contribution is 2.44. The summed E-state index contributed by atoms with van der Waals surface area (Å²) < 4.78 is 0. The minimum atomic E-state index is 0.0483. The SMILES string of the molecule is C=C1[C@@H](C)N(C2CCCC2)c2nc(N3CCc4cc(C(=O)NC5CCN(C)CC5)ccc43)ccc2N1C. The first-order valence-corrected chi connectivity index (χ1v) is 14.0. The summed E-state index contributed by atoms with van der Waals surface area (Å²) in [6.07, 6.45) is 7.98. The van der Waals surface area contributed by atoms with Crippen LogP contribution in [-0.4, -0.2) is 67.6 Å². The summed E-state index contributed by atoms with van der Waals surface area (Å²) in [4.78, 5) is 27.6. The van der Waals surface area contributed by atoms with E-state index in [0.29, 0.717) is 6.04 Å². The summed E-state index contributed by atoms with van der Waals surface area (Å²) in [6, 6.07) is 11.6. The Bertz CT molecular complexity index is 1200. The zero-order valence-electron chi connectivity index (χ0n) is 22.5. The second-order valence-corrected chi connectivity index (χ2v) is 11.4. The van der Waals surface area contributed by atoms with E-state index in [1.54, 1.807) is 0 Å². The lowest BCUT2D eigenvalue weighted by molar-refractivity contribution is 0.0917. The number of amides is 1. The first kappa shape index (κ1) is 24.3. The zero-order chi connectivity index (χ0) is 25.7. The van der Waals surface area contributed by atoms with Gasteiger partial charge in [-0.15, -0.1) is 0 Å². The number of anilines is 4. The predicted octanol–water partition coefficient (Wildman–Crippen LogP) is 4.70. The van der Waals surface area contributed by atoms with Crippen molar-refractivity contribution in [2.75, 3.05) is 48.4 Å². The van der Waals surface area contributed by atoms with Crippen LogP contribution in [0, 0.1) is 0 Å². The van der Waals surface area contributed by atoms with Crippen molar-refractivity contribution in [2.24, 2.45) is 0 Å². The van der Waals surface area contributed by atoms with Gasteiger partial charge in [-0.2, -0.15) is 0 Å². The summed E-state index contributed by atoms with van der Waals surface area (Å²) in [5, 5.41) is 3.26. The van der Waals surface area contributed by atoms with Gasteiger partial charge in [0.05, 0.1) is 11.7 Å². The first-order chi connectivity index (χ1) is 17.9. The van der Waals surface area contributed by atoms with Crippen LogP contribution in [0.3, 0.4) is 0 Å². The largest absolute Gasteiger partial charge is 0.349 e. The van der Waals surface area contributed by atoms with Gasteiger partial charge in [-0.05, 0) is 95.1 Å². The van der Waals surface area contributed by atoms with Gasteiger partial charge in [-0.3, -0.25) is 4.79 Å². The van der Waals surface area contributed by atoms with Gasteiger partial charge in [0.25, 0.3) is 5.91 Å². The smallest absolute Gasteiger partial charge is 0.251 e. The molecule has 1 amide bonds. The van der Waals surface area contributed by atoms with Crippen molar-refractivity contribution in [1.82, 2.24) is 15.2 Å². The molecular formula is C30H40N6O. The second kappa shape index (κ2) is 9.67. The summed E-state index contributed by atoms with van der Waals surface area (Å²) in [6.45, 7) is 9.62. The first-order valence-electron chi connectivity index (χ1n) is 14.0. The molecule has 1 aromatic heterocycles. The minimum Gasteiger partial charge on any atom is -0.349 e. The molecule has 0 radical (unpaired) electrons. The van der Waals surface area contributed by atoms with Gasteiger partial charge in [0.15, 0.2) is 5.82 Å². The molecule has 7 nitrogen and oxygen atoms in total. The van der Waals surface area contributed by atoms with E-state index in [4.69, 9.17) is 4.98 Å². The third kappa shape index (κ3) is 4.37. The predicted molar refractivity (Wildman–Crippen MR) is 151 cm³/mol. The number of hydrogen-bond donors (Lipinski definition) is 1. The molecule has 196 valence electrons. The number of pyridine rings is 1. The van der Waals surface area contributed by atoms with Crippen molar-refractivity contribution in [2.45, 2.75) is 70.0 Å². The summed E-state index contributed by atoms with van der Waals surface area (Å²) in [7, 11) is 4.25. The molecule has 1 aromatic carbocycles. The number of carbonyl (C=O) groups excluding carboxylic acids is 1. The molecule has 4 aliphatic rings. The van der Waals surface area contributed by atoms with E-state index >= 15 is 0 Å². The Balaban J connectivity index is 1.25. The molecule has 1 atom stereocenters. The lowest BCUT2D eigenvalue weighted by Gasteiger charge is -2.45. The van der Waals surface area contributed by atoms with Crippen molar-refractivity contribution in [3.63, 3.8) is 0 Å². The average molecular weight is 501 g/mol. The van der Waals surface area contributed by atoms with E-state index in [0.717, 1.165) is 73.2 Å². The molecule has 6 rings (SSSR count). The van der Waals surface area contributed by atoms with E-state index in [2.05, 4.69) is 76.8 Å². The normalized spacial score (nSPS) is 22.9. The molecule has 1 saturated carbocycles. The van der Waals surface area contributed by atoms with Gasteiger partial charge < -0.3 is 24.9 Å². The molecule has 1 saturated heterocycles. The zero-order valence-corrected chi connectivity index (χ0v) is 22.5. The lowest BCUT2D eigenvalue weighted by Crippen LogP contribution is -2.49. The molecule has 4 heterocycles. The van der Waals surface area contributed by atoms with Gasteiger partial charge in [0.1, 0.15) is 5.82 Å². The Hall–Kier alpha value is -3.06. The molecule has 0 unspecified atom stereocenters. The van der Waals surface area contributed by atoms with Crippen LogP contribution in [0.25, 0.3) is 0 Å². The van der Waals surface area contributed by atoms with Gasteiger partial charge >= 0.3 is 0 Å². The quantitative estimate of drug-likeness (QED) is 0.657. The molecule has 0 bridgehead atoms. The summed E-state index contributed by atoms with van der Waals surface area (Å²) >= 11 is 0. The number of piperidine rings is 1. The highest BCUT2D eigenvalue weighted by atomic mass is 16.1. The number of likely N-dealkylation sites (tertiary alicyclic amines) is 1. The van der Waals surface area contributed by atoms with Gasteiger partial charge in [-0.1, -0.05) is 19.4 Å². The van der Waals surface area contributed by atoms with Crippen molar-refractivity contribution in [1.29, 1.82) is 0 Å². The van der Waals surface area contributed by atoms with E-state index in [9.17, 15) is 4.79 Å².